The maximum absolute atomic E-state index is 4.63. The first kappa shape index (κ1) is 11.0. The second-order valence-electron chi connectivity index (χ2n) is 4.65. The Morgan fingerprint density at radius 2 is 1.95 bits per heavy atom. The number of fused-ring (bicyclic) bond motifs is 3. The molecule has 4 aromatic rings. The van der Waals surface area contributed by atoms with E-state index in [0.717, 1.165) is 22.7 Å². The second-order valence-corrected chi connectivity index (χ2v) is 4.65. The van der Waals surface area contributed by atoms with Gasteiger partial charge < -0.3 is 0 Å². The Kier molecular flexibility index (Phi) is 2.26. The third kappa shape index (κ3) is 1.56. The number of rotatable bonds is 1. The van der Waals surface area contributed by atoms with Crippen LogP contribution >= 0.6 is 0 Å². The van der Waals surface area contributed by atoms with Crippen molar-refractivity contribution >= 4 is 11.6 Å². The molecule has 20 heavy (non-hydrogen) atoms. The van der Waals surface area contributed by atoms with Gasteiger partial charge in [0, 0.05) is 16.7 Å². The van der Waals surface area contributed by atoms with Crippen molar-refractivity contribution in [1.82, 2.24) is 19.6 Å². The van der Waals surface area contributed by atoms with Crippen LogP contribution in [0.2, 0.25) is 0 Å². The fourth-order valence-corrected chi connectivity index (χ4v) is 2.37. The lowest BCUT2D eigenvalue weighted by molar-refractivity contribution is -0.496. The summed E-state index contributed by atoms with van der Waals surface area (Å²) in [6.45, 7) is 2.04. The molecule has 3 heterocycles. The molecule has 1 aromatic carbocycles. The van der Waals surface area contributed by atoms with Crippen LogP contribution in [0.3, 0.4) is 0 Å². The van der Waals surface area contributed by atoms with Crippen molar-refractivity contribution < 1.29 is 4.40 Å². The summed E-state index contributed by atoms with van der Waals surface area (Å²) in [4.78, 5) is 8.99. The van der Waals surface area contributed by atoms with Crippen molar-refractivity contribution in [3.05, 3.63) is 60.6 Å². The van der Waals surface area contributed by atoms with E-state index in [4.69, 9.17) is 0 Å². The molecule has 0 aliphatic heterocycles. The summed E-state index contributed by atoms with van der Waals surface area (Å²) < 4.78 is 3.69. The largest absolute Gasteiger partial charge is 0.389 e. The van der Waals surface area contributed by atoms with E-state index in [2.05, 4.69) is 21.1 Å². The van der Waals surface area contributed by atoms with Crippen molar-refractivity contribution in [3.63, 3.8) is 0 Å². The Balaban J connectivity index is 2.06. The van der Waals surface area contributed by atoms with Gasteiger partial charge in [0.2, 0.25) is 0 Å². The molecule has 0 unspecified atom stereocenters. The van der Waals surface area contributed by atoms with Crippen LogP contribution in [0.25, 0.3) is 22.8 Å². The topological polar surface area (TPSA) is 47.2 Å². The average molecular weight is 262 g/mol. The fourth-order valence-electron chi connectivity index (χ4n) is 2.37. The highest BCUT2D eigenvalue weighted by molar-refractivity contribution is 5.60. The molecule has 0 aliphatic rings. The average Bonchev–Trinajstić information content (AvgIpc) is 2.87. The zero-order valence-corrected chi connectivity index (χ0v) is 10.9. The number of benzene rings is 1. The summed E-state index contributed by atoms with van der Waals surface area (Å²) in [5.41, 5.74) is 3.07. The Labute approximate surface area is 115 Å². The van der Waals surface area contributed by atoms with E-state index in [1.54, 1.807) is 10.7 Å². The molecule has 0 radical (unpaired) electrons. The van der Waals surface area contributed by atoms with E-state index in [1.807, 2.05) is 53.9 Å². The molecule has 0 amide bonds. The zero-order valence-electron chi connectivity index (χ0n) is 10.9. The number of hydrogen-bond acceptors (Lipinski definition) is 3. The number of aryl methyl sites for hydroxylation is 1. The van der Waals surface area contributed by atoms with Crippen molar-refractivity contribution in [2.45, 2.75) is 6.92 Å². The monoisotopic (exact) mass is 262 g/mol. The van der Waals surface area contributed by atoms with Crippen molar-refractivity contribution in [2.75, 3.05) is 0 Å². The lowest BCUT2D eigenvalue weighted by Gasteiger charge is -1.99. The van der Waals surface area contributed by atoms with Gasteiger partial charge in [0.1, 0.15) is 5.69 Å². The van der Waals surface area contributed by atoms with E-state index >= 15 is 0 Å². The van der Waals surface area contributed by atoms with Crippen molar-refractivity contribution in [1.29, 1.82) is 0 Å². The molecule has 0 saturated heterocycles. The number of hydrogen-bond donors (Lipinski definition) is 0. The molecule has 0 N–H and O–H groups in total. The second kappa shape index (κ2) is 4.09. The molecule has 0 saturated carbocycles. The highest BCUT2D eigenvalue weighted by atomic mass is 15.4. The van der Waals surface area contributed by atoms with Gasteiger partial charge in [-0.3, -0.25) is 0 Å². The molecule has 4 rings (SSSR count). The SMILES string of the molecule is Cc1cc(-c2ccccc2)nc2nn3cccnc3[n+]12. The molecule has 0 atom stereocenters. The quantitative estimate of drug-likeness (QED) is 0.492. The Morgan fingerprint density at radius 1 is 1.10 bits per heavy atom. The predicted molar refractivity (Wildman–Crippen MR) is 74.1 cm³/mol. The van der Waals surface area contributed by atoms with Gasteiger partial charge in [-0.15, -0.1) is 14.5 Å². The van der Waals surface area contributed by atoms with Crippen LogP contribution in [0.5, 0.6) is 0 Å². The first-order chi connectivity index (χ1) is 9.83. The lowest BCUT2D eigenvalue weighted by Crippen LogP contribution is -2.26. The van der Waals surface area contributed by atoms with Crippen LogP contribution in [0.15, 0.2) is 54.9 Å². The third-order valence-electron chi connectivity index (χ3n) is 3.29. The van der Waals surface area contributed by atoms with Gasteiger partial charge in [-0.05, 0) is 13.0 Å². The zero-order chi connectivity index (χ0) is 13.5. The molecule has 3 aromatic heterocycles. The minimum absolute atomic E-state index is 0.655. The highest BCUT2D eigenvalue weighted by Crippen LogP contribution is 2.16. The van der Waals surface area contributed by atoms with E-state index in [-0.39, 0.29) is 0 Å². The predicted octanol–water partition coefficient (Wildman–Crippen LogP) is 1.84. The number of aromatic nitrogens is 5. The fraction of sp³-hybridized carbons (Fsp3) is 0.0667. The van der Waals surface area contributed by atoms with Crippen LogP contribution in [0.4, 0.5) is 0 Å². The van der Waals surface area contributed by atoms with Gasteiger partial charge in [0.05, 0.1) is 18.1 Å². The van der Waals surface area contributed by atoms with E-state index in [0.29, 0.717) is 5.78 Å². The molecular weight excluding hydrogens is 250 g/mol. The van der Waals surface area contributed by atoms with Crippen LogP contribution in [-0.2, 0) is 0 Å². The number of nitrogens with zero attached hydrogens (tertiary/aromatic N) is 5. The summed E-state index contributed by atoms with van der Waals surface area (Å²) in [6.07, 6.45) is 3.63. The molecule has 0 spiro atoms. The normalized spacial score (nSPS) is 11.2. The molecule has 0 fully saturated rings. The van der Waals surface area contributed by atoms with Crippen LogP contribution in [0, 0.1) is 6.92 Å². The Morgan fingerprint density at radius 3 is 2.80 bits per heavy atom. The summed E-state index contributed by atoms with van der Waals surface area (Å²) in [6, 6.07) is 14.0. The lowest BCUT2D eigenvalue weighted by atomic mass is 10.1. The molecule has 0 bridgehead atoms. The summed E-state index contributed by atoms with van der Waals surface area (Å²) >= 11 is 0. The van der Waals surface area contributed by atoms with E-state index in [1.165, 1.54) is 0 Å². The maximum Gasteiger partial charge on any atom is 0.389 e. The molecule has 0 aliphatic carbocycles. The van der Waals surface area contributed by atoms with Gasteiger partial charge in [0.15, 0.2) is 0 Å². The van der Waals surface area contributed by atoms with Crippen LogP contribution in [0.1, 0.15) is 5.69 Å². The van der Waals surface area contributed by atoms with Gasteiger partial charge in [-0.2, -0.15) is 4.40 Å². The smallest absolute Gasteiger partial charge is 0.178 e. The first-order valence-corrected chi connectivity index (χ1v) is 6.41. The molecule has 96 valence electrons. The summed E-state index contributed by atoms with van der Waals surface area (Å²) in [5, 5.41) is 4.47. The third-order valence-corrected chi connectivity index (χ3v) is 3.29. The minimum atomic E-state index is 0.655. The van der Waals surface area contributed by atoms with Gasteiger partial charge in [-0.25, -0.2) is 0 Å². The van der Waals surface area contributed by atoms with Gasteiger partial charge in [0.25, 0.3) is 0 Å². The summed E-state index contributed by atoms with van der Waals surface area (Å²) in [5.74, 6) is 1.43. The molecular formula is C15H12N5+. The Hall–Kier alpha value is -2.82. The van der Waals surface area contributed by atoms with Crippen LogP contribution < -0.4 is 4.40 Å². The standard InChI is InChI=1S/C15H12N5/c1-11-10-13(12-6-3-2-4-7-12)17-14-18-19-9-5-8-16-15(19)20(11)14/h2-10H,1H3/q+1. The molecule has 5 heteroatoms. The van der Waals surface area contributed by atoms with Gasteiger partial charge >= 0.3 is 11.6 Å². The Bertz CT molecular complexity index is 912. The van der Waals surface area contributed by atoms with Gasteiger partial charge in [-0.1, -0.05) is 30.3 Å². The van der Waals surface area contributed by atoms with Crippen molar-refractivity contribution in [3.8, 4) is 11.3 Å². The van der Waals surface area contributed by atoms with E-state index < -0.39 is 0 Å². The van der Waals surface area contributed by atoms with E-state index in [9.17, 15) is 0 Å². The molecule has 5 nitrogen and oxygen atoms in total. The van der Waals surface area contributed by atoms with Crippen molar-refractivity contribution in [2.24, 2.45) is 0 Å². The minimum Gasteiger partial charge on any atom is -0.178 e. The highest BCUT2D eigenvalue weighted by Gasteiger charge is 2.18. The summed E-state index contributed by atoms with van der Waals surface area (Å²) in [7, 11) is 0. The van der Waals surface area contributed by atoms with Crippen LogP contribution in [-0.4, -0.2) is 19.6 Å². The maximum atomic E-state index is 4.63. The first-order valence-electron chi connectivity index (χ1n) is 6.41.